The lowest BCUT2D eigenvalue weighted by Crippen LogP contribution is -2.16. The molecule has 110 valence electrons. The highest BCUT2D eigenvalue weighted by molar-refractivity contribution is 7.15. The van der Waals surface area contributed by atoms with E-state index in [2.05, 4.69) is 15.5 Å². The molecule has 1 heterocycles. The third kappa shape index (κ3) is 2.71. The maximum Gasteiger partial charge on any atom is 0.263 e. The molecule has 5 nitrogen and oxygen atoms in total. The van der Waals surface area contributed by atoms with Gasteiger partial charge in [0.2, 0.25) is 5.13 Å². The van der Waals surface area contributed by atoms with E-state index in [0.717, 1.165) is 30.0 Å². The SMILES string of the molecule is COc1ccc(F)c(C(=O)Nc2nnc(C3CC3)s2)c1F. The highest BCUT2D eigenvalue weighted by Crippen LogP contribution is 2.42. The minimum absolute atomic E-state index is 0.197. The van der Waals surface area contributed by atoms with Crippen molar-refractivity contribution >= 4 is 22.4 Å². The van der Waals surface area contributed by atoms with Gasteiger partial charge in [0.05, 0.1) is 7.11 Å². The van der Waals surface area contributed by atoms with Crippen LogP contribution in [0.4, 0.5) is 13.9 Å². The van der Waals surface area contributed by atoms with Gasteiger partial charge in [0.1, 0.15) is 16.4 Å². The Morgan fingerprint density at radius 3 is 2.81 bits per heavy atom. The second-order valence-electron chi connectivity index (χ2n) is 4.61. The van der Waals surface area contributed by atoms with E-state index in [9.17, 15) is 13.6 Å². The van der Waals surface area contributed by atoms with Gasteiger partial charge < -0.3 is 4.74 Å². The number of anilines is 1. The van der Waals surface area contributed by atoms with Crippen LogP contribution < -0.4 is 10.1 Å². The summed E-state index contributed by atoms with van der Waals surface area (Å²) in [6.07, 6.45) is 2.11. The summed E-state index contributed by atoms with van der Waals surface area (Å²) in [5.74, 6) is -2.71. The summed E-state index contributed by atoms with van der Waals surface area (Å²) in [7, 11) is 1.24. The van der Waals surface area contributed by atoms with Crippen molar-refractivity contribution in [2.45, 2.75) is 18.8 Å². The van der Waals surface area contributed by atoms with Crippen molar-refractivity contribution in [1.82, 2.24) is 10.2 Å². The van der Waals surface area contributed by atoms with Crippen molar-refractivity contribution in [2.24, 2.45) is 0 Å². The van der Waals surface area contributed by atoms with E-state index in [0.29, 0.717) is 5.92 Å². The average Bonchev–Trinajstić information content (AvgIpc) is 3.20. The molecule has 3 rings (SSSR count). The van der Waals surface area contributed by atoms with E-state index in [1.54, 1.807) is 0 Å². The Morgan fingerprint density at radius 1 is 1.38 bits per heavy atom. The lowest BCUT2D eigenvalue weighted by Gasteiger charge is -2.07. The first-order valence-corrected chi connectivity index (χ1v) is 7.08. The van der Waals surface area contributed by atoms with Crippen LogP contribution >= 0.6 is 11.3 Å². The molecule has 1 fully saturated rings. The van der Waals surface area contributed by atoms with Crippen LogP contribution in [0.3, 0.4) is 0 Å². The monoisotopic (exact) mass is 311 g/mol. The molecular weight excluding hydrogens is 300 g/mol. The molecule has 0 spiro atoms. The first kappa shape index (κ1) is 13.9. The van der Waals surface area contributed by atoms with Gasteiger partial charge in [-0.25, -0.2) is 8.78 Å². The Balaban J connectivity index is 1.84. The van der Waals surface area contributed by atoms with Crippen LogP contribution in [0.25, 0.3) is 0 Å². The van der Waals surface area contributed by atoms with Gasteiger partial charge in [0.15, 0.2) is 11.6 Å². The van der Waals surface area contributed by atoms with E-state index >= 15 is 0 Å². The summed E-state index contributed by atoms with van der Waals surface area (Å²) in [5.41, 5.74) is -0.697. The largest absolute Gasteiger partial charge is 0.494 e. The van der Waals surface area contributed by atoms with Gasteiger partial charge in [-0.2, -0.15) is 0 Å². The summed E-state index contributed by atoms with van der Waals surface area (Å²) in [6.45, 7) is 0. The van der Waals surface area contributed by atoms with E-state index in [-0.39, 0.29) is 10.9 Å². The molecule has 1 amide bonds. The van der Waals surface area contributed by atoms with E-state index < -0.39 is 23.1 Å². The molecule has 1 saturated carbocycles. The molecule has 0 aliphatic heterocycles. The van der Waals surface area contributed by atoms with E-state index in [1.165, 1.54) is 18.4 Å². The summed E-state index contributed by atoms with van der Waals surface area (Å²) in [6, 6.07) is 2.10. The number of nitrogens with one attached hydrogen (secondary N) is 1. The molecule has 1 aromatic carbocycles. The number of carbonyl (C=O) groups excluding carboxylic acids is 1. The van der Waals surface area contributed by atoms with Crippen molar-refractivity contribution in [2.75, 3.05) is 12.4 Å². The first-order chi connectivity index (χ1) is 10.1. The molecule has 1 N–H and O–H groups in total. The molecule has 0 atom stereocenters. The van der Waals surface area contributed by atoms with Crippen molar-refractivity contribution in [3.8, 4) is 5.75 Å². The topological polar surface area (TPSA) is 64.1 Å². The number of aromatic nitrogens is 2. The van der Waals surface area contributed by atoms with Crippen LogP contribution in [-0.4, -0.2) is 23.2 Å². The Morgan fingerprint density at radius 2 is 2.14 bits per heavy atom. The second kappa shape index (κ2) is 5.36. The minimum atomic E-state index is -1.04. The summed E-state index contributed by atoms with van der Waals surface area (Å²) in [4.78, 5) is 12.0. The second-order valence-corrected chi connectivity index (χ2v) is 5.62. The Kier molecular flexibility index (Phi) is 3.54. The standard InChI is InChI=1S/C13H11F2N3O2S/c1-20-8-5-4-7(14)9(10(8)15)11(19)16-13-18-17-12(21-13)6-2-3-6/h4-6H,2-3H2,1H3,(H,16,18,19). The van der Waals surface area contributed by atoms with Crippen LogP contribution in [0.15, 0.2) is 12.1 Å². The zero-order chi connectivity index (χ0) is 15.0. The Bertz CT molecular complexity index is 701. The number of carbonyl (C=O) groups is 1. The number of ether oxygens (including phenoxy) is 1. The van der Waals surface area contributed by atoms with Gasteiger partial charge in [0, 0.05) is 5.92 Å². The molecule has 2 aromatic rings. The Hall–Kier alpha value is -2.09. The maximum absolute atomic E-state index is 14.0. The van der Waals surface area contributed by atoms with Crippen molar-refractivity contribution in [1.29, 1.82) is 0 Å². The van der Waals surface area contributed by atoms with Gasteiger partial charge in [-0.15, -0.1) is 10.2 Å². The predicted molar refractivity (Wildman–Crippen MR) is 72.7 cm³/mol. The number of halogens is 2. The average molecular weight is 311 g/mol. The molecular formula is C13H11F2N3O2S. The smallest absolute Gasteiger partial charge is 0.263 e. The number of benzene rings is 1. The van der Waals surface area contributed by atoms with Gasteiger partial charge in [-0.1, -0.05) is 11.3 Å². The number of methoxy groups -OCH3 is 1. The molecule has 8 heteroatoms. The predicted octanol–water partition coefficient (Wildman–Crippen LogP) is 2.95. The fraction of sp³-hybridized carbons (Fsp3) is 0.308. The van der Waals surface area contributed by atoms with Crippen molar-refractivity contribution in [3.05, 3.63) is 34.3 Å². The molecule has 0 unspecified atom stereocenters. The molecule has 0 radical (unpaired) electrons. The fourth-order valence-electron chi connectivity index (χ4n) is 1.84. The fourth-order valence-corrected chi connectivity index (χ4v) is 2.75. The number of amides is 1. The quantitative estimate of drug-likeness (QED) is 0.943. The first-order valence-electron chi connectivity index (χ1n) is 6.27. The van der Waals surface area contributed by atoms with Gasteiger partial charge >= 0.3 is 0 Å². The van der Waals surface area contributed by atoms with Crippen LogP contribution in [0.5, 0.6) is 5.75 Å². The molecule has 1 aliphatic carbocycles. The number of rotatable bonds is 4. The van der Waals surface area contributed by atoms with Crippen molar-refractivity contribution in [3.63, 3.8) is 0 Å². The number of hydrogen-bond donors (Lipinski definition) is 1. The summed E-state index contributed by atoms with van der Waals surface area (Å²) in [5, 5.41) is 11.2. The van der Waals surface area contributed by atoms with Crippen LogP contribution in [0, 0.1) is 11.6 Å². The normalized spacial score (nSPS) is 14.0. The highest BCUT2D eigenvalue weighted by atomic mass is 32.1. The van der Waals surface area contributed by atoms with Crippen LogP contribution in [0.2, 0.25) is 0 Å². The molecule has 21 heavy (non-hydrogen) atoms. The van der Waals surface area contributed by atoms with Crippen LogP contribution in [0.1, 0.15) is 34.1 Å². The summed E-state index contributed by atoms with van der Waals surface area (Å²) < 4.78 is 32.4. The van der Waals surface area contributed by atoms with Gasteiger partial charge in [0.25, 0.3) is 5.91 Å². The number of nitrogens with zero attached hydrogens (tertiary/aromatic N) is 2. The lowest BCUT2D eigenvalue weighted by molar-refractivity contribution is 0.101. The zero-order valence-corrected chi connectivity index (χ0v) is 11.8. The third-order valence-electron chi connectivity index (χ3n) is 3.09. The molecule has 0 bridgehead atoms. The summed E-state index contributed by atoms with van der Waals surface area (Å²) >= 11 is 1.22. The molecule has 0 saturated heterocycles. The highest BCUT2D eigenvalue weighted by Gasteiger charge is 2.28. The number of hydrogen-bond acceptors (Lipinski definition) is 5. The van der Waals surface area contributed by atoms with Gasteiger partial charge in [-0.05, 0) is 25.0 Å². The lowest BCUT2D eigenvalue weighted by atomic mass is 10.1. The molecule has 1 aliphatic rings. The molecule has 1 aromatic heterocycles. The minimum Gasteiger partial charge on any atom is -0.494 e. The Labute approximate surface area is 123 Å². The van der Waals surface area contributed by atoms with E-state index in [4.69, 9.17) is 4.74 Å². The van der Waals surface area contributed by atoms with E-state index in [1.807, 2.05) is 0 Å². The zero-order valence-electron chi connectivity index (χ0n) is 11.0. The van der Waals surface area contributed by atoms with Crippen molar-refractivity contribution < 1.29 is 18.3 Å². The third-order valence-corrected chi connectivity index (χ3v) is 4.09. The maximum atomic E-state index is 14.0. The van der Waals surface area contributed by atoms with Crippen LogP contribution in [-0.2, 0) is 0 Å². The van der Waals surface area contributed by atoms with Gasteiger partial charge in [-0.3, -0.25) is 10.1 Å².